The molecule has 25 heavy (non-hydrogen) atoms. The summed E-state index contributed by atoms with van der Waals surface area (Å²) in [7, 11) is 0. The van der Waals surface area contributed by atoms with Gasteiger partial charge in [-0.25, -0.2) is 0 Å². The van der Waals surface area contributed by atoms with E-state index in [1.165, 1.54) is 0 Å². The maximum Gasteiger partial charge on any atom is 0.257 e. The van der Waals surface area contributed by atoms with Gasteiger partial charge in [0.05, 0.1) is 6.54 Å². The number of aromatic nitrogens is 2. The molecule has 0 saturated heterocycles. The van der Waals surface area contributed by atoms with Gasteiger partial charge in [-0.1, -0.05) is 47.0 Å². The van der Waals surface area contributed by atoms with Crippen molar-refractivity contribution in [3.63, 3.8) is 0 Å². The second-order valence-electron chi connectivity index (χ2n) is 5.87. The van der Waals surface area contributed by atoms with Gasteiger partial charge in [-0.2, -0.15) is 5.10 Å². The smallest absolute Gasteiger partial charge is 0.257 e. The van der Waals surface area contributed by atoms with Crippen LogP contribution in [0.1, 0.15) is 27.0 Å². The molecule has 2 aromatic carbocycles. The lowest BCUT2D eigenvalue weighted by molar-refractivity contribution is 0.102. The maximum atomic E-state index is 12.5. The molecule has 3 rings (SSSR count). The summed E-state index contributed by atoms with van der Waals surface area (Å²) < 4.78 is 1.69. The monoisotopic (exact) mass is 373 g/mol. The molecule has 0 saturated carbocycles. The minimum absolute atomic E-state index is 0.178. The lowest BCUT2D eigenvalue weighted by Gasteiger charge is -2.08. The first-order valence-corrected chi connectivity index (χ1v) is 8.54. The molecule has 0 radical (unpaired) electrons. The van der Waals surface area contributed by atoms with Gasteiger partial charge in [0.1, 0.15) is 0 Å². The molecule has 0 aliphatic carbocycles. The van der Waals surface area contributed by atoms with Gasteiger partial charge in [-0.15, -0.1) is 0 Å². The molecule has 1 heterocycles. The Morgan fingerprint density at radius 2 is 1.84 bits per heavy atom. The highest BCUT2D eigenvalue weighted by Gasteiger charge is 2.12. The van der Waals surface area contributed by atoms with Gasteiger partial charge in [0.25, 0.3) is 5.91 Å². The summed E-state index contributed by atoms with van der Waals surface area (Å²) in [5, 5.41) is 8.37. The molecule has 1 amide bonds. The second kappa shape index (κ2) is 7.30. The van der Waals surface area contributed by atoms with Gasteiger partial charge in [0.15, 0.2) is 5.82 Å². The van der Waals surface area contributed by atoms with Crippen molar-refractivity contribution < 1.29 is 4.79 Å². The molecule has 4 nitrogen and oxygen atoms in total. The number of hydrogen-bond acceptors (Lipinski definition) is 2. The van der Waals surface area contributed by atoms with E-state index in [0.717, 1.165) is 16.7 Å². The van der Waals surface area contributed by atoms with Gasteiger partial charge < -0.3 is 5.32 Å². The largest absolute Gasteiger partial charge is 0.305 e. The Kier molecular flexibility index (Phi) is 5.11. The van der Waals surface area contributed by atoms with Crippen LogP contribution in [0.3, 0.4) is 0 Å². The van der Waals surface area contributed by atoms with Gasteiger partial charge in [0, 0.05) is 33.4 Å². The number of aryl methyl sites for hydroxylation is 2. The zero-order valence-electron chi connectivity index (χ0n) is 13.9. The third-order valence-corrected chi connectivity index (χ3v) is 4.61. The highest BCUT2D eigenvalue weighted by Crippen LogP contribution is 2.25. The van der Waals surface area contributed by atoms with Crippen molar-refractivity contribution in [1.29, 1.82) is 0 Å². The summed E-state index contributed by atoms with van der Waals surface area (Å²) in [6, 6.07) is 12.9. The first-order valence-electron chi connectivity index (χ1n) is 7.79. The Hall–Kier alpha value is -2.30. The van der Waals surface area contributed by atoms with E-state index in [2.05, 4.69) is 10.4 Å². The third-order valence-electron chi connectivity index (χ3n) is 3.90. The zero-order chi connectivity index (χ0) is 18.0. The second-order valence-corrected chi connectivity index (χ2v) is 6.69. The molecule has 3 aromatic rings. The Morgan fingerprint density at radius 1 is 1.12 bits per heavy atom. The summed E-state index contributed by atoms with van der Waals surface area (Å²) in [6.07, 6.45) is 1.78. The third kappa shape index (κ3) is 4.03. The Balaban J connectivity index is 1.76. The molecule has 0 bridgehead atoms. The fraction of sp³-hybridized carbons (Fsp3) is 0.158. The average Bonchev–Trinajstić information content (AvgIpc) is 3.00. The van der Waals surface area contributed by atoms with Crippen LogP contribution in [0.4, 0.5) is 5.82 Å². The highest BCUT2D eigenvalue weighted by molar-refractivity contribution is 6.35. The van der Waals surface area contributed by atoms with Crippen molar-refractivity contribution >= 4 is 34.9 Å². The van der Waals surface area contributed by atoms with E-state index < -0.39 is 0 Å². The molecule has 0 fully saturated rings. The standard InChI is InChI=1S/C19H17Cl2N3O/c1-12-6-7-13(2)14(10-12)19(25)22-18-8-9-24(23-18)11-15-16(20)4-3-5-17(15)21/h3-10H,11H2,1-2H3,(H,22,23,25). The van der Waals surface area contributed by atoms with Crippen molar-refractivity contribution in [2.45, 2.75) is 20.4 Å². The number of hydrogen-bond donors (Lipinski definition) is 1. The van der Waals surface area contributed by atoms with Gasteiger partial charge in [0.2, 0.25) is 0 Å². The summed E-state index contributed by atoms with van der Waals surface area (Å²) in [4.78, 5) is 12.5. The van der Waals surface area contributed by atoms with Crippen LogP contribution in [0.5, 0.6) is 0 Å². The van der Waals surface area contributed by atoms with Crippen LogP contribution in [0.15, 0.2) is 48.7 Å². The fourth-order valence-electron chi connectivity index (χ4n) is 2.53. The van der Waals surface area contributed by atoms with E-state index in [-0.39, 0.29) is 5.91 Å². The minimum atomic E-state index is -0.178. The van der Waals surface area contributed by atoms with Crippen LogP contribution in [-0.4, -0.2) is 15.7 Å². The van der Waals surface area contributed by atoms with Gasteiger partial charge in [-0.05, 0) is 37.6 Å². The van der Waals surface area contributed by atoms with E-state index in [0.29, 0.717) is 28.0 Å². The predicted molar refractivity (Wildman–Crippen MR) is 102 cm³/mol. The topological polar surface area (TPSA) is 46.9 Å². The number of anilines is 1. The molecule has 6 heteroatoms. The first kappa shape index (κ1) is 17.5. The van der Waals surface area contributed by atoms with Crippen molar-refractivity contribution in [3.05, 3.63) is 81.0 Å². The summed E-state index contributed by atoms with van der Waals surface area (Å²) in [6.45, 7) is 4.29. The van der Waals surface area contributed by atoms with E-state index >= 15 is 0 Å². The molecule has 0 spiro atoms. The van der Waals surface area contributed by atoms with Gasteiger partial charge >= 0.3 is 0 Å². The zero-order valence-corrected chi connectivity index (χ0v) is 15.4. The lowest BCUT2D eigenvalue weighted by Crippen LogP contribution is -2.14. The molecule has 0 aliphatic rings. The minimum Gasteiger partial charge on any atom is -0.305 e. The Morgan fingerprint density at radius 3 is 2.56 bits per heavy atom. The van der Waals surface area contributed by atoms with Crippen LogP contribution in [-0.2, 0) is 6.54 Å². The molecule has 1 aromatic heterocycles. The first-order chi connectivity index (χ1) is 11.9. The quantitative estimate of drug-likeness (QED) is 0.690. The summed E-state index contributed by atoms with van der Waals surface area (Å²) in [5.74, 6) is 0.302. The number of carbonyl (C=O) groups excluding carboxylic acids is 1. The van der Waals surface area contributed by atoms with Crippen LogP contribution in [0.2, 0.25) is 10.0 Å². The van der Waals surface area contributed by atoms with Crippen molar-refractivity contribution in [2.24, 2.45) is 0 Å². The van der Waals surface area contributed by atoms with E-state index in [1.54, 1.807) is 35.1 Å². The maximum absolute atomic E-state index is 12.5. The normalized spacial score (nSPS) is 10.7. The number of nitrogens with one attached hydrogen (secondary N) is 1. The number of halogens is 2. The molecule has 0 aliphatic heterocycles. The van der Waals surface area contributed by atoms with E-state index in [9.17, 15) is 4.79 Å². The fourth-order valence-corrected chi connectivity index (χ4v) is 3.04. The number of carbonyl (C=O) groups is 1. The predicted octanol–water partition coefficient (Wildman–Crippen LogP) is 5.11. The number of benzene rings is 2. The average molecular weight is 374 g/mol. The number of nitrogens with zero attached hydrogens (tertiary/aromatic N) is 2. The highest BCUT2D eigenvalue weighted by atomic mass is 35.5. The Labute approximate surface area is 156 Å². The van der Waals surface area contributed by atoms with Gasteiger partial charge in [-0.3, -0.25) is 9.48 Å². The molecule has 128 valence electrons. The van der Waals surface area contributed by atoms with Crippen LogP contribution >= 0.6 is 23.2 Å². The molecule has 1 N–H and O–H groups in total. The van der Waals surface area contributed by atoms with Crippen LogP contribution in [0, 0.1) is 13.8 Å². The number of amides is 1. The molecule has 0 unspecified atom stereocenters. The molecular formula is C19H17Cl2N3O. The van der Waals surface area contributed by atoms with Crippen LogP contribution < -0.4 is 5.32 Å². The molecular weight excluding hydrogens is 357 g/mol. The Bertz CT molecular complexity index is 914. The van der Waals surface area contributed by atoms with E-state index in [1.807, 2.05) is 32.0 Å². The van der Waals surface area contributed by atoms with E-state index in [4.69, 9.17) is 23.2 Å². The van der Waals surface area contributed by atoms with Crippen molar-refractivity contribution in [3.8, 4) is 0 Å². The summed E-state index contributed by atoms with van der Waals surface area (Å²) in [5.41, 5.74) is 3.39. The van der Waals surface area contributed by atoms with Crippen molar-refractivity contribution in [2.75, 3.05) is 5.32 Å². The summed E-state index contributed by atoms with van der Waals surface area (Å²) >= 11 is 12.4. The van der Waals surface area contributed by atoms with Crippen molar-refractivity contribution in [1.82, 2.24) is 9.78 Å². The SMILES string of the molecule is Cc1ccc(C)c(C(=O)Nc2ccn(Cc3c(Cl)cccc3Cl)n2)c1. The number of rotatable bonds is 4. The molecule has 0 atom stereocenters. The lowest BCUT2D eigenvalue weighted by atomic mass is 10.1. The van der Waals surface area contributed by atoms with Crippen LogP contribution in [0.25, 0.3) is 0 Å².